The van der Waals surface area contributed by atoms with Gasteiger partial charge in [0.15, 0.2) is 17.8 Å². The van der Waals surface area contributed by atoms with Gasteiger partial charge in [-0.3, -0.25) is 4.79 Å². The Morgan fingerprint density at radius 1 is 1.16 bits per heavy atom. The Morgan fingerprint density at radius 3 is 2.44 bits per heavy atom. The molecule has 1 N–H and O–H groups in total. The van der Waals surface area contributed by atoms with Gasteiger partial charge in [0.05, 0.1) is 12.8 Å². The minimum atomic E-state index is 0.0302. The fourth-order valence-corrected chi connectivity index (χ4v) is 3.23. The summed E-state index contributed by atoms with van der Waals surface area (Å²) in [5, 5.41) is 10.7. The van der Waals surface area contributed by atoms with Crippen LogP contribution in [0.3, 0.4) is 0 Å². The summed E-state index contributed by atoms with van der Waals surface area (Å²) in [5.41, 5.74) is 1.15. The van der Waals surface area contributed by atoms with Gasteiger partial charge in [-0.2, -0.15) is 0 Å². The molecular weight excluding hydrogens is 342 g/mol. The van der Waals surface area contributed by atoms with Gasteiger partial charge in [-0.15, -0.1) is 0 Å². The molecular formula is C19H20ClNO4. The van der Waals surface area contributed by atoms with E-state index in [0.29, 0.717) is 35.1 Å². The van der Waals surface area contributed by atoms with Crippen molar-refractivity contribution in [3.63, 3.8) is 0 Å². The molecule has 0 radical (unpaired) electrons. The number of hydrogen-bond acceptors (Lipinski definition) is 5. The van der Waals surface area contributed by atoms with Crippen molar-refractivity contribution in [1.82, 2.24) is 0 Å². The maximum Gasteiger partial charge on any atom is 0.184 e. The zero-order valence-corrected chi connectivity index (χ0v) is 14.7. The van der Waals surface area contributed by atoms with E-state index in [9.17, 15) is 9.90 Å². The second-order valence-electron chi connectivity index (χ2n) is 5.93. The lowest BCUT2D eigenvalue weighted by Crippen LogP contribution is -2.39. The van der Waals surface area contributed by atoms with Crippen LogP contribution in [-0.4, -0.2) is 37.7 Å². The number of methoxy groups -OCH3 is 1. The highest BCUT2D eigenvalue weighted by atomic mass is 35.5. The molecule has 1 aliphatic heterocycles. The number of ether oxygens (including phenoxy) is 2. The van der Waals surface area contributed by atoms with Gasteiger partial charge in [-0.05, 0) is 36.4 Å². The standard InChI is InChI=1S/C19H20ClNO4/c1-24-19-17(23)7-2-13(12-22)18(19)21-10-8-16(9-11-21)25-15-5-3-14(20)4-6-15/h2-7,12,16,23H,8-11H2,1H3. The smallest absolute Gasteiger partial charge is 0.184 e. The molecule has 0 bridgehead atoms. The average Bonchev–Trinajstić information content (AvgIpc) is 2.64. The first-order valence-corrected chi connectivity index (χ1v) is 8.52. The first kappa shape index (κ1) is 17.4. The lowest BCUT2D eigenvalue weighted by atomic mass is 10.0. The molecule has 0 saturated carbocycles. The topological polar surface area (TPSA) is 59.0 Å². The summed E-state index contributed by atoms with van der Waals surface area (Å²) in [4.78, 5) is 13.4. The third kappa shape index (κ3) is 3.82. The third-order valence-electron chi connectivity index (χ3n) is 4.35. The van der Waals surface area contributed by atoms with Crippen LogP contribution in [0.1, 0.15) is 23.2 Å². The molecule has 132 valence electrons. The Bertz CT molecular complexity index is 740. The van der Waals surface area contributed by atoms with E-state index >= 15 is 0 Å². The van der Waals surface area contributed by atoms with Crippen LogP contribution in [0, 0.1) is 0 Å². The number of carbonyl (C=O) groups excluding carboxylic acids is 1. The number of aromatic hydroxyl groups is 1. The van der Waals surface area contributed by atoms with E-state index in [1.165, 1.54) is 13.2 Å². The van der Waals surface area contributed by atoms with Crippen LogP contribution < -0.4 is 14.4 Å². The number of rotatable bonds is 5. The Morgan fingerprint density at radius 2 is 1.84 bits per heavy atom. The molecule has 1 saturated heterocycles. The van der Waals surface area contributed by atoms with E-state index in [4.69, 9.17) is 21.1 Å². The lowest BCUT2D eigenvalue weighted by molar-refractivity contribution is 0.112. The zero-order chi connectivity index (χ0) is 17.8. The molecule has 0 amide bonds. The van der Waals surface area contributed by atoms with E-state index in [1.807, 2.05) is 12.1 Å². The minimum absolute atomic E-state index is 0.0302. The summed E-state index contributed by atoms with van der Waals surface area (Å²) < 4.78 is 11.3. The van der Waals surface area contributed by atoms with Crippen LogP contribution in [0.25, 0.3) is 0 Å². The van der Waals surface area contributed by atoms with Gasteiger partial charge in [0.2, 0.25) is 0 Å². The van der Waals surface area contributed by atoms with Gasteiger partial charge in [0.25, 0.3) is 0 Å². The van der Waals surface area contributed by atoms with Crippen LogP contribution in [0.4, 0.5) is 5.69 Å². The van der Waals surface area contributed by atoms with Gasteiger partial charge in [0.1, 0.15) is 11.9 Å². The van der Waals surface area contributed by atoms with Crippen molar-refractivity contribution in [2.45, 2.75) is 18.9 Å². The van der Waals surface area contributed by atoms with E-state index in [0.717, 1.165) is 24.9 Å². The fourth-order valence-electron chi connectivity index (χ4n) is 3.10. The molecule has 6 heteroatoms. The number of hydrogen-bond donors (Lipinski definition) is 1. The largest absolute Gasteiger partial charge is 0.504 e. The van der Waals surface area contributed by atoms with Crippen LogP contribution in [0.5, 0.6) is 17.2 Å². The summed E-state index contributed by atoms with van der Waals surface area (Å²) in [6.07, 6.45) is 2.49. The SMILES string of the molecule is COc1c(O)ccc(C=O)c1N1CCC(Oc2ccc(Cl)cc2)CC1. The van der Waals surface area contributed by atoms with E-state index < -0.39 is 0 Å². The summed E-state index contributed by atoms with van der Waals surface area (Å²) in [6.45, 7) is 1.41. The number of aldehydes is 1. The predicted molar refractivity (Wildman–Crippen MR) is 97.4 cm³/mol. The molecule has 5 nitrogen and oxygen atoms in total. The number of halogens is 1. The van der Waals surface area contributed by atoms with Crippen molar-refractivity contribution in [2.75, 3.05) is 25.1 Å². The molecule has 0 spiro atoms. The lowest BCUT2D eigenvalue weighted by Gasteiger charge is -2.35. The van der Waals surface area contributed by atoms with Gasteiger partial charge in [-0.25, -0.2) is 0 Å². The number of anilines is 1. The van der Waals surface area contributed by atoms with Crippen molar-refractivity contribution < 1.29 is 19.4 Å². The third-order valence-corrected chi connectivity index (χ3v) is 4.60. The average molecular weight is 362 g/mol. The maximum atomic E-state index is 11.4. The molecule has 1 heterocycles. The zero-order valence-electron chi connectivity index (χ0n) is 13.9. The Labute approximate surface area is 151 Å². The van der Waals surface area contributed by atoms with Crippen LogP contribution in [-0.2, 0) is 0 Å². The molecule has 0 aliphatic carbocycles. The highest BCUT2D eigenvalue weighted by molar-refractivity contribution is 6.30. The molecule has 1 aliphatic rings. The monoisotopic (exact) mass is 361 g/mol. The van der Waals surface area contributed by atoms with Crippen molar-refractivity contribution in [2.24, 2.45) is 0 Å². The Balaban J connectivity index is 1.71. The Kier molecular flexibility index (Phi) is 5.34. The molecule has 0 atom stereocenters. The Hall–Kier alpha value is -2.40. The normalized spacial score (nSPS) is 15.0. The second-order valence-corrected chi connectivity index (χ2v) is 6.37. The first-order chi connectivity index (χ1) is 12.1. The minimum Gasteiger partial charge on any atom is -0.504 e. The van der Waals surface area contributed by atoms with Gasteiger partial charge < -0.3 is 19.5 Å². The van der Waals surface area contributed by atoms with E-state index in [2.05, 4.69) is 4.90 Å². The molecule has 25 heavy (non-hydrogen) atoms. The predicted octanol–water partition coefficient (Wildman–Crippen LogP) is 3.91. The fraction of sp³-hybridized carbons (Fsp3) is 0.316. The highest BCUT2D eigenvalue weighted by Crippen LogP contribution is 2.40. The van der Waals surface area contributed by atoms with Crippen molar-refractivity contribution in [3.05, 3.63) is 47.0 Å². The maximum absolute atomic E-state index is 11.4. The summed E-state index contributed by atoms with van der Waals surface area (Å²) in [5.74, 6) is 1.16. The van der Waals surface area contributed by atoms with E-state index in [-0.39, 0.29) is 11.9 Å². The summed E-state index contributed by atoms with van der Waals surface area (Å²) >= 11 is 5.89. The molecule has 2 aromatic carbocycles. The van der Waals surface area contributed by atoms with Gasteiger partial charge in [0, 0.05) is 36.5 Å². The first-order valence-electron chi connectivity index (χ1n) is 8.14. The number of carbonyl (C=O) groups is 1. The number of piperidine rings is 1. The number of benzene rings is 2. The van der Waals surface area contributed by atoms with Crippen molar-refractivity contribution in [1.29, 1.82) is 0 Å². The van der Waals surface area contributed by atoms with Crippen LogP contribution in [0.15, 0.2) is 36.4 Å². The summed E-state index contributed by atoms with van der Waals surface area (Å²) in [7, 11) is 1.49. The highest BCUT2D eigenvalue weighted by Gasteiger charge is 2.26. The van der Waals surface area contributed by atoms with Crippen molar-refractivity contribution >= 4 is 23.6 Å². The number of nitrogens with zero attached hydrogens (tertiary/aromatic N) is 1. The molecule has 1 fully saturated rings. The number of phenolic OH excluding ortho intramolecular Hbond substituents is 1. The molecule has 0 aromatic heterocycles. The summed E-state index contributed by atoms with van der Waals surface area (Å²) in [6, 6.07) is 10.4. The molecule has 2 aromatic rings. The van der Waals surface area contributed by atoms with Crippen molar-refractivity contribution in [3.8, 4) is 17.2 Å². The quantitative estimate of drug-likeness (QED) is 0.818. The van der Waals surface area contributed by atoms with E-state index in [1.54, 1.807) is 18.2 Å². The van der Waals surface area contributed by atoms with Gasteiger partial charge >= 0.3 is 0 Å². The molecule has 0 unspecified atom stereocenters. The van der Waals surface area contributed by atoms with Gasteiger partial charge in [-0.1, -0.05) is 11.6 Å². The van der Waals surface area contributed by atoms with Crippen LogP contribution >= 0.6 is 11.6 Å². The van der Waals surface area contributed by atoms with Crippen LogP contribution in [0.2, 0.25) is 5.02 Å². The second kappa shape index (κ2) is 7.66. The molecule has 3 rings (SSSR count). The number of phenols is 1.